The van der Waals surface area contributed by atoms with Gasteiger partial charge in [-0.2, -0.15) is 0 Å². The number of ether oxygens (including phenoxy) is 3. The number of carbonyl (C=O) groups excluding carboxylic acids is 2. The van der Waals surface area contributed by atoms with Gasteiger partial charge in [-0.05, 0) is 67.5 Å². The molecule has 2 aliphatic heterocycles. The Bertz CT molecular complexity index is 920. The number of likely N-dealkylation sites (tertiary alicyclic amines) is 1. The Morgan fingerprint density at radius 2 is 1.81 bits per heavy atom. The highest BCUT2D eigenvalue weighted by Gasteiger charge is 2.23. The molecule has 4 rings (SSSR count). The van der Waals surface area contributed by atoms with Crippen molar-refractivity contribution in [2.24, 2.45) is 5.92 Å². The molecule has 2 amide bonds. The van der Waals surface area contributed by atoms with Crippen LogP contribution in [0.1, 0.15) is 35.2 Å². The van der Waals surface area contributed by atoms with Crippen molar-refractivity contribution in [3.8, 4) is 17.2 Å². The summed E-state index contributed by atoms with van der Waals surface area (Å²) in [5.41, 5.74) is 1.76. The summed E-state index contributed by atoms with van der Waals surface area (Å²) in [6, 6.07) is 13.2. The Labute approximate surface area is 182 Å². The van der Waals surface area contributed by atoms with Crippen molar-refractivity contribution in [3.05, 3.63) is 53.6 Å². The SMILES string of the molecule is COc1ccc(CCC2CCN(C(=O)CNC(=O)c3ccc4c(c3)OCO4)CC2)cc1. The van der Waals surface area contributed by atoms with Crippen LogP contribution in [0.15, 0.2) is 42.5 Å². The number of carbonyl (C=O) groups is 2. The predicted molar refractivity (Wildman–Crippen MR) is 116 cm³/mol. The molecular weight excluding hydrogens is 396 g/mol. The Morgan fingerprint density at radius 1 is 1.06 bits per heavy atom. The summed E-state index contributed by atoms with van der Waals surface area (Å²) in [4.78, 5) is 26.7. The van der Waals surface area contributed by atoms with Crippen molar-refractivity contribution in [3.63, 3.8) is 0 Å². The zero-order chi connectivity index (χ0) is 21.6. The van der Waals surface area contributed by atoms with Crippen molar-refractivity contribution in [2.45, 2.75) is 25.7 Å². The molecule has 1 N–H and O–H groups in total. The second-order valence-corrected chi connectivity index (χ2v) is 7.96. The molecule has 7 heteroatoms. The molecule has 0 aromatic heterocycles. The van der Waals surface area contributed by atoms with E-state index in [1.807, 2.05) is 17.0 Å². The summed E-state index contributed by atoms with van der Waals surface area (Å²) in [7, 11) is 1.67. The number of methoxy groups -OCH3 is 1. The van der Waals surface area contributed by atoms with E-state index in [2.05, 4.69) is 17.4 Å². The molecule has 0 radical (unpaired) electrons. The Hall–Kier alpha value is -3.22. The molecule has 31 heavy (non-hydrogen) atoms. The average Bonchev–Trinajstić information content (AvgIpc) is 3.29. The van der Waals surface area contributed by atoms with E-state index in [1.54, 1.807) is 25.3 Å². The number of hydrogen-bond acceptors (Lipinski definition) is 5. The molecule has 2 heterocycles. The summed E-state index contributed by atoms with van der Waals surface area (Å²) in [5.74, 6) is 2.34. The molecule has 1 fully saturated rings. The molecule has 2 aromatic carbocycles. The fraction of sp³-hybridized carbons (Fsp3) is 0.417. The lowest BCUT2D eigenvalue weighted by Crippen LogP contribution is -2.44. The number of hydrogen-bond donors (Lipinski definition) is 1. The maximum atomic E-state index is 12.5. The molecule has 2 aromatic rings. The van der Waals surface area contributed by atoms with Crippen LogP contribution in [0.3, 0.4) is 0 Å². The smallest absolute Gasteiger partial charge is 0.251 e. The van der Waals surface area contributed by atoms with Crippen molar-refractivity contribution >= 4 is 11.8 Å². The summed E-state index contributed by atoms with van der Waals surface area (Å²) in [6.45, 7) is 1.65. The predicted octanol–water partition coefficient (Wildman–Crippen LogP) is 3.03. The van der Waals surface area contributed by atoms with Gasteiger partial charge in [0.05, 0.1) is 13.7 Å². The molecule has 0 aliphatic carbocycles. The van der Waals surface area contributed by atoms with Crippen molar-refractivity contribution in [2.75, 3.05) is 33.5 Å². The van der Waals surface area contributed by atoms with E-state index >= 15 is 0 Å². The van der Waals surface area contributed by atoms with Gasteiger partial charge in [0.15, 0.2) is 11.5 Å². The molecule has 1 saturated heterocycles. The van der Waals surface area contributed by atoms with E-state index in [4.69, 9.17) is 14.2 Å². The number of piperidine rings is 1. The lowest BCUT2D eigenvalue weighted by molar-refractivity contribution is -0.131. The van der Waals surface area contributed by atoms with Crippen LogP contribution < -0.4 is 19.5 Å². The number of amides is 2. The monoisotopic (exact) mass is 424 g/mol. The zero-order valence-corrected chi connectivity index (χ0v) is 17.8. The molecule has 0 unspecified atom stereocenters. The fourth-order valence-electron chi connectivity index (χ4n) is 4.04. The second kappa shape index (κ2) is 9.73. The highest BCUT2D eigenvalue weighted by Crippen LogP contribution is 2.32. The van der Waals surface area contributed by atoms with E-state index in [1.165, 1.54) is 5.56 Å². The molecule has 0 bridgehead atoms. The summed E-state index contributed by atoms with van der Waals surface area (Å²) < 4.78 is 15.7. The minimum atomic E-state index is -0.291. The fourth-order valence-corrected chi connectivity index (χ4v) is 4.04. The summed E-state index contributed by atoms with van der Waals surface area (Å²) in [6.07, 6.45) is 4.15. The third-order valence-electron chi connectivity index (χ3n) is 6.00. The van der Waals surface area contributed by atoms with Crippen LogP contribution in [0.5, 0.6) is 17.2 Å². The third kappa shape index (κ3) is 5.29. The highest BCUT2D eigenvalue weighted by molar-refractivity contribution is 5.97. The van der Waals surface area contributed by atoms with Gasteiger partial charge in [0, 0.05) is 18.7 Å². The van der Waals surface area contributed by atoms with Crippen LogP contribution >= 0.6 is 0 Å². The first-order valence-electron chi connectivity index (χ1n) is 10.7. The van der Waals surface area contributed by atoms with Gasteiger partial charge in [-0.3, -0.25) is 9.59 Å². The van der Waals surface area contributed by atoms with Crippen molar-refractivity contribution in [1.82, 2.24) is 10.2 Å². The van der Waals surface area contributed by atoms with E-state index in [-0.39, 0.29) is 25.2 Å². The molecule has 0 spiro atoms. The van der Waals surface area contributed by atoms with E-state index in [0.29, 0.717) is 23.0 Å². The molecule has 164 valence electrons. The normalized spacial score (nSPS) is 15.6. The van der Waals surface area contributed by atoms with Crippen LogP contribution in [-0.2, 0) is 11.2 Å². The average molecular weight is 424 g/mol. The zero-order valence-electron chi connectivity index (χ0n) is 17.8. The maximum absolute atomic E-state index is 12.5. The van der Waals surface area contributed by atoms with Crippen LogP contribution in [0.2, 0.25) is 0 Å². The lowest BCUT2D eigenvalue weighted by Gasteiger charge is -2.32. The van der Waals surface area contributed by atoms with Gasteiger partial charge in [0.2, 0.25) is 12.7 Å². The number of benzene rings is 2. The topological polar surface area (TPSA) is 77.1 Å². The standard InChI is InChI=1S/C24H28N2O5/c1-29-20-7-4-17(5-8-20)2-3-18-10-12-26(13-11-18)23(27)15-25-24(28)19-6-9-21-22(14-19)31-16-30-21/h4-9,14,18H,2-3,10-13,15-16H2,1H3,(H,25,28). The van der Waals surface area contributed by atoms with Crippen LogP contribution in [0.4, 0.5) is 0 Å². The van der Waals surface area contributed by atoms with E-state index < -0.39 is 0 Å². The first-order valence-corrected chi connectivity index (χ1v) is 10.7. The van der Waals surface area contributed by atoms with Gasteiger partial charge in [0.25, 0.3) is 5.91 Å². The minimum Gasteiger partial charge on any atom is -0.497 e. The molecule has 7 nitrogen and oxygen atoms in total. The number of fused-ring (bicyclic) bond motifs is 1. The van der Waals surface area contributed by atoms with Crippen LogP contribution in [0, 0.1) is 5.92 Å². The molecular formula is C24H28N2O5. The minimum absolute atomic E-state index is 0.00376. The number of rotatable bonds is 7. The summed E-state index contributed by atoms with van der Waals surface area (Å²) >= 11 is 0. The van der Waals surface area contributed by atoms with Gasteiger partial charge in [-0.25, -0.2) is 0 Å². The number of nitrogens with zero attached hydrogens (tertiary/aromatic N) is 1. The first kappa shape index (κ1) is 21.0. The van der Waals surface area contributed by atoms with Gasteiger partial charge in [-0.1, -0.05) is 12.1 Å². The second-order valence-electron chi connectivity index (χ2n) is 7.96. The number of nitrogens with one attached hydrogen (secondary N) is 1. The molecule has 0 saturated carbocycles. The van der Waals surface area contributed by atoms with E-state index in [9.17, 15) is 9.59 Å². The molecule has 2 aliphatic rings. The summed E-state index contributed by atoms with van der Waals surface area (Å²) in [5, 5.41) is 2.72. The van der Waals surface area contributed by atoms with Crippen molar-refractivity contribution < 1.29 is 23.8 Å². The Kier molecular flexibility index (Phi) is 6.60. The van der Waals surface area contributed by atoms with Gasteiger partial charge in [0.1, 0.15) is 5.75 Å². The Balaban J connectivity index is 1.18. The quantitative estimate of drug-likeness (QED) is 0.739. The highest BCUT2D eigenvalue weighted by atomic mass is 16.7. The van der Waals surface area contributed by atoms with E-state index in [0.717, 1.165) is 44.5 Å². The number of aryl methyl sites for hydroxylation is 1. The van der Waals surface area contributed by atoms with Gasteiger partial charge in [-0.15, -0.1) is 0 Å². The van der Waals surface area contributed by atoms with Crippen molar-refractivity contribution in [1.29, 1.82) is 0 Å². The lowest BCUT2D eigenvalue weighted by atomic mass is 9.90. The maximum Gasteiger partial charge on any atom is 0.251 e. The van der Waals surface area contributed by atoms with Gasteiger partial charge >= 0.3 is 0 Å². The first-order chi connectivity index (χ1) is 15.1. The van der Waals surface area contributed by atoms with Crippen LogP contribution in [-0.4, -0.2) is 50.3 Å². The largest absolute Gasteiger partial charge is 0.497 e. The van der Waals surface area contributed by atoms with Gasteiger partial charge < -0.3 is 24.4 Å². The third-order valence-corrected chi connectivity index (χ3v) is 6.00. The van der Waals surface area contributed by atoms with Crippen LogP contribution in [0.25, 0.3) is 0 Å². The molecule has 0 atom stereocenters. The Morgan fingerprint density at radius 3 is 2.55 bits per heavy atom.